The summed E-state index contributed by atoms with van der Waals surface area (Å²) in [5, 5.41) is -7.11. The summed E-state index contributed by atoms with van der Waals surface area (Å²) in [7, 11) is -7.42. The van der Waals surface area contributed by atoms with Crippen molar-refractivity contribution in [3.63, 3.8) is 0 Å². The van der Waals surface area contributed by atoms with E-state index < -0.39 is 33.4 Å². The average Bonchev–Trinajstić information content (AvgIpc) is 1.98. The first-order valence-electron chi connectivity index (χ1n) is 3.15. The Bertz CT molecular complexity index is 401. The predicted molar refractivity (Wildman–Crippen MR) is 34.2 cm³/mol. The molecule has 0 atom stereocenters. The Morgan fingerprint density at radius 3 is 1.16 bits per heavy atom. The molecule has 0 radical (unpaired) electrons. The van der Waals surface area contributed by atoms with Crippen molar-refractivity contribution >= 4 is 10.1 Å². The van der Waals surface area contributed by atoms with Crippen molar-refractivity contribution in [1.82, 2.24) is 0 Å². The average molecular weight is 356 g/mol. The first-order chi connectivity index (χ1) is 7.00. The monoisotopic (exact) mass is 356 g/mol. The smallest absolute Gasteiger partial charge is 0.743 e. The van der Waals surface area contributed by atoms with E-state index in [1.165, 1.54) is 0 Å². The third-order valence-electron chi connectivity index (χ3n) is 1.43. The molecule has 0 aliphatic carbocycles. The van der Waals surface area contributed by atoms with Crippen LogP contribution in [0.5, 0.6) is 0 Å². The zero-order chi connectivity index (χ0) is 14.5. The molecule has 0 aromatic heterocycles. The second-order valence-corrected chi connectivity index (χ2v) is 4.04. The minimum absolute atomic E-state index is 0. The molecule has 0 saturated heterocycles. The summed E-state index contributed by atoms with van der Waals surface area (Å²) in [6.45, 7) is 0. The maximum atomic E-state index is 12.2. The summed E-state index contributed by atoms with van der Waals surface area (Å²) in [6, 6.07) is 0. The van der Waals surface area contributed by atoms with Crippen molar-refractivity contribution in [2.24, 2.45) is 0 Å². The minimum Gasteiger partial charge on any atom is -0.743 e. The number of halogens is 9. The van der Waals surface area contributed by atoms with Crippen LogP contribution in [-0.2, 0) is 10.1 Å². The van der Waals surface area contributed by atoms with Crippen molar-refractivity contribution in [2.75, 3.05) is 0 Å². The van der Waals surface area contributed by atoms with Gasteiger partial charge < -0.3 is 10.0 Å². The van der Waals surface area contributed by atoms with Crippen molar-refractivity contribution in [3.8, 4) is 0 Å². The molecule has 0 aromatic carbocycles. The fourth-order valence-electron chi connectivity index (χ4n) is 0.518. The molecule has 0 heterocycles. The Kier molecular flexibility index (Phi) is 8.28. The van der Waals surface area contributed by atoms with Gasteiger partial charge in [-0.25, -0.2) is 8.42 Å². The van der Waals surface area contributed by atoms with Crippen LogP contribution in [0.3, 0.4) is 0 Å². The van der Waals surface area contributed by atoms with Crippen LogP contribution in [0.2, 0.25) is 0 Å². The maximum Gasteiger partial charge on any atom is 1.00 e. The van der Waals surface area contributed by atoms with Gasteiger partial charge in [-0.15, -0.1) is 0 Å². The molecule has 2 N–H and O–H groups in total. The van der Waals surface area contributed by atoms with Crippen LogP contribution in [0.15, 0.2) is 0 Å². The second kappa shape index (κ2) is 6.33. The topological polar surface area (TPSA) is 88.7 Å². The van der Waals surface area contributed by atoms with Gasteiger partial charge in [0.1, 0.15) is 0 Å². The van der Waals surface area contributed by atoms with E-state index in [9.17, 15) is 52.5 Å². The van der Waals surface area contributed by atoms with Gasteiger partial charge in [-0.1, -0.05) is 0 Å². The van der Waals surface area contributed by atoms with Crippen LogP contribution in [0.1, 0.15) is 0 Å². The third-order valence-corrected chi connectivity index (χ3v) is 2.31. The molecule has 112 valence electrons. The molecule has 0 aliphatic rings. The van der Waals surface area contributed by atoms with E-state index in [4.69, 9.17) is 0 Å². The molecule has 0 spiro atoms. The van der Waals surface area contributed by atoms with Gasteiger partial charge in [-0.2, -0.15) is 39.5 Å². The van der Waals surface area contributed by atoms with Gasteiger partial charge in [0.15, 0.2) is 10.1 Å². The Balaban J connectivity index is -0.00000128. The maximum absolute atomic E-state index is 12.2. The number of alkyl halides is 9. The Morgan fingerprint density at radius 1 is 0.737 bits per heavy atom. The number of rotatable bonds is 3. The van der Waals surface area contributed by atoms with Gasteiger partial charge >= 0.3 is 74.7 Å². The minimum atomic E-state index is -7.43. The molecule has 0 amide bonds. The number of hydrogen-bond acceptors (Lipinski definition) is 3. The Morgan fingerprint density at radius 2 is 1.00 bits per heavy atom. The summed E-state index contributed by atoms with van der Waals surface area (Å²) in [6.07, 6.45) is -7.16. The predicted octanol–water partition coefficient (Wildman–Crippen LogP) is -1.86. The zero-order valence-corrected chi connectivity index (χ0v) is 12.5. The van der Waals surface area contributed by atoms with Crippen molar-refractivity contribution in [3.05, 3.63) is 0 Å². The Hall–Kier alpha value is 0.876. The Labute approximate surface area is 141 Å². The quantitative estimate of drug-likeness (QED) is 0.337. The molecule has 0 aromatic rings. The largest absolute Gasteiger partial charge is 1.00 e. The number of hydrogen-bond donors (Lipinski definition) is 0. The van der Waals surface area contributed by atoms with Crippen molar-refractivity contribution < 1.29 is 109 Å². The summed E-state index contributed by atoms with van der Waals surface area (Å²) < 4.78 is 135. The zero-order valence-electron chi connectivity index (χ0n) is 8.53. The van der Waals surface area contributed by atoms with Gasteiger partial charge in [0.2, 0.25) is 0 Å². The molecular formula is C4H2F9KO4S. The SMILES string of the molecule is O.O=S(=O)([O-])C(F)(F)C(F)(F)C(F)(F)C(F)(F)F.[K+]. The van der Waals surface area contributed by atoms with E-state index in [-0.39, 0.29) is 56.9 Å². The fraction of sp³-hybridized carbons (Fsp3) is 1.00. The van der Waals surface area contributed by atoms with Crippen molar-refractivity contribution in [2.45, 2.75) is 23.3 Å². The van der Waals surface area contributed by atoms with Gasteiger partial charge in [-0.05, 0) is 0 Å². The van der Waals surface area contributed by atoms with E-state index >= 15 is 0 Å². The van der Waals surface area contributed by atoms with Crippen LogP contribution >= 0.6 is 0 Å². The molecule has 0 saturated carbocycles. The third kappa shape index (κ3) is 3.95. The molecule has 4 nitrogen and oxygen atoms in total. The van der Waals surface area contributed by atoms with Gasteiger partial charge in [-0.3, -0.25) is 0 Å². The molecule has 0 aliphatic heterocycles. The standard InChI is InChI=1S/C4HF9O3S.K.H2O/c5-1(6,3(9,10)11)2(7,8)4(12,13)17(14,15)16;;/h(H,14,15,16);;1H2/q;+1;/p-1. The van der Waals surface area contributed by atoms with E-state index in [2.05, 4.69) is 0 Å². The van der Waals surface area contributed by atoms with Gasteiger partial charge in [0.05, 0.1) is 0 Å². The summed E-state index contributed by atoms with van der Waals surface area (Å²) >= 11 is 0. The van der Waals surface area contributed by atoms with Crippen LogP contribution in [-0.4, -0.2) is 41.7 Å². The molecule has 0 rings (SSSR count). The molecule has 19 heavy (non-hydrogen) atoms. The first kappa shape index (κ1) is 24.9. The van der Waals surface area contributed by atoms with Crippen LogP contribution in [0.4, 0.5) is 39.5 Å². The van der Waals surface area contributed by atoms with Crippen LogP contribution in [0.25, 0.3) is 0 Å². The van der Waals surface area contributed by atoms with Crippen LogP contribution in [0, 0.1) is 0 Å². The molecule has 15 heteroatoms. The summed E-state index contributed by atoms with van der Waals surface area (Å²) in [5.41, 5.74) is 0. The van der Waals surface area contributed by atoms with Crippen molar-refractivity contribution in [1.29, 1.82) is 0 Å². The second-order valence-electron chi connectivity index (χ2n) is 2.62. The summed E-state index contributed by atoms with van der Waals surface area (Å²) in [5.74, 6) is -14.8. The molecule has 0 bridgehead atoms. The summed E-state index contributed by atoms with van der Waals surface area (Å²) in [4.78, 5) is 0. The molecule has 0 fully saturated rings. The van der Waals surface area contributed by atoms with E-state index in [0.29, 0.717) is 0 Å². The van der Waals surface area contributed by atoms with E-state index in [1.807, 2.05) is 0 Å². The normalized spacial score (nSPS) is 14.4. The first-order valence-corrected chi connectivity index (χ1v) is 4.56. The van der Waals surface area contributed by atoms with Gasteiger partial charge in [0, 0.05) is 0 Å². The molecular weight excluding hydrogens is 354 g/mol. The van der Waals surface area contributed by atoms with Gasteiger partial charge in [0.25, 0.3) is 0 Å². The van der Waals surface area contributed by atoms with E-state index in [1.54, 1.807) is 0 Å². The molecule has 0 unspecified atom stereocenters. The van der Waals surface area contributed by atoms with E-state index in [0.717, 1.165) is 0 Å². The van der Waals surface area contributed by atoms with Crippen LogP contribution < -0.4 is 51.4 Å². The fourth-order valence-corrected chi connectivity index (χ4v) is 0.960.